The number of likely N-dealkylation sites (tertiary alicyclic amines) is 1. The van der Waals surface area contributed by atoms with E-state index in [0.717, 1.165) is 6.54 Å². The Morgan fingerprint density at radius 2 is 2.13 bits per heavy atom. The second-order valence-electron chi connectivity index (χ2n) is 3.98. The molecule has 1 aliphatic heterocycles. The number of hydrogen-bond donors (Lipinski definition) is 1. The first-order valence-electron chi connectivity index (χ1n) is 4.98. The van der Waals surface area contributed by atoms with Gasteiger partial charge in [0.1, 0.15) is 6.33 Å². The van der Waals surface area contributed by atoms with E-state index in [-0.39, 0.29) is 11.9 Å². The molecular formula is C10H14N4O. The number of nitrogens with two attached hydrogens (primary N) is 1. The Morgan fingerprint density at radius 1 is 1.47 bits per heavy atom. The first-order chi connectivity index (χ1) is 7.18. The summed E-state index contributed by atoms with van der Waals surface area (Å²) >= 11 is 0. The summed E-state index contributed by atoms with van der Waals surface area (Å²) in [5, 5.41) is 0. The molecule has 2 atom stereocenters. The van der Waals surface area contributed by atoms with E-state index in [1.807, 2.05) is 0 Å². The normalized spacial score (nSPS) is 25.6. The summed E-state index contributed by atoms with van der Waals surface area (Å²) in [5.74, 6) is 0.328. The van der Waals surface area contributed by atoms with Gasteiger partial charge in [0.05, 0.1) is 5.56 Å². The first kappa shape index (κ1) is 10.0. The van der Waals surface area contributed by atoms with Gasteiger partial charge in [-0.25, -0.2) is 9.97 Å². The molecule has 2 heterocycles. The highest BCUT2D eigenvalue weighted by molar-refractivity contribution is 5.93. The molecule has 1 saturated heterocycles. The minimum Gasteiger partial charge on any atom is -0.337 e. The number of rotatable bonds is 1. The second kappa shape index (κ2) is 3.94. The lowest BCUT2D eigenvalue weighted by molar-refractivity contribution is 0.0786. The van der Waals surface area contributed by atoms with Gasteiger partial charge < -0.3 is 10.6 Å². The zero-order valence-electron chi connectivity index (χ0n) is 8.63. The molecule has 0 aliphatic carbocycles. The van der Waals surface area contributed by atoms with Crippen molar-refractivity contribution in [2.24, 2.45) is 11.7 Å². The monoisotopic (exact) mass is 206 g/mol. The van der Waals surface area contributed by atoms with Crippen molar-refractivity contribution in [2.75, 3.05) is 13.1 Å². The number of nitrogens with zero attached hydrogens (tertiary/aromatic N) is 3. The third kappa shape index (κ3) is 1.97. The van der Waals surface area contributed by atoms with E-state index in [0.29, 0.717) is 18.0 Å². The SMILES string of the molecule is CC1CN(C(=O)c2cncnc2)CC1N. The fourth-order valence-electron chi connectivity index (χ4n) is 1.75. The number of hydrogen-bond acceptors (Lipinski definition) is 4. The van der Waals surface area contributed by atoms with Crippen LogP contribution in [-0.4, -0.2) is 39.9 Å². The average molecular weight is 206 g/mol. The molecule has 1 fully saturated rings. The van der Waals surface area contributed by atoms with Crippen LogP contribution in [0.4, 0.5) is 0 Å². The molecule has 5 heteroatoms. The fraction of sp³-hybridized carbons (Fsp3) is 0.500. The van der Waals surface area contributed by atoms with Gasteiger partial charge in [-0.2, -0.15) is 0 Å². The molecule has 0 saturated carbocycles. The van der Waals surface area contributed by atoms with Gasteiger partial charge in [-0.05, 0) is 5.92 Å². The van der Waals surface area contributed by atoms with Crippen molar-refractivity contribution in [1.82, 2.24) is 14.9 Å². The highest BCUT2D eigenvalue weighted by Crippen LogP contribution is 2.16. The van der Waals surface area contributed by atoms with Gasteiger partial charge in [-0.15, -0.1) is 0 Å². The van der Waals surface area contributed by atoms with Crippen LogP contribution in [0.3, 0.4) is 0 Å². The molecule has 15 heavy (non-hydrogen) atoms. The Labute approximate surface area is 88.3 Å². The minimum atomic E-state index is -0.0320. The lowest BCUT2D eigenvalue weighted by atomic mass is 10.1. The maximum atomic E-state index is 11.9. The minimum absolute atomic E-state index is 0.0320. The Balaban J connectivity index is 2.10. The molecule has 1 aliphatic rings. The Bertz CT molecular complexity index is 344. The van der Waals surface area contributed by atoms with Crippen LogP contribution in [0.2, 0.25) is 0 Å². The molecule has 0 aromatic carbocycles. The topological polar surface area (TPSA) is 72.1 Å². The first-order valence-corrected chi connectivity index (χ1v) is 4.98. The van der Waals surface area contributed by atoms with Gasteiger partial charge in [-0.3, -0.25) is 4.79 Å². The predicted molar refractivity (Wildman–Crippen MR) is 55.1 cm³/mol. The van der Waals surface area contributed by atoms with E-state index < -0.39 is 0 Å². The van der Waals surface area contributed by atoms with Gasteiger partial charge in [0.15, 0.2) is 0 Å². The summed E-state index contributed by atoms with van der Waals surface area (Å²) in [6.45, 7) is 3.39. The molecule has 5 nitrogen and oxygen atoms in total. The maximum absolute atomic E-state index is 11.9. The molecular weight excluding hydrogens is 192 g/mol. The fourth-order valence-corrected chi connectivity index (χ4v) is 1.75. The van der Waals surface area contributed by atoms with Crippen LogP contribution in [0, 0.1) is 5.92 Å². The van der Waals surface area contributed by atoms with Gasteiger partial charge in [0.25, 0.3) is 5.91 Å². The van der Waals surface area contributed by atoms with Crippen LogP contribution in [0.5, 0.6) is 0 Å². The molecule has 0 spiro atoms. The Morgan fingerprint density at radius 3 is 2.67 bits per heavy atom. The van der Waals surface area contributed by atoms with E-state index >= 15 is 0 Å². The Kier molecular flexibility index (Phi) is 2.64. The second-order valence-corrected chi connectivity index (χ2v) is 3.98. The summed E-state index contributed by atoms with van der Waals surface area (Å²) < 4.78 is 0. The molecule has 0 bridgehead atoms. The number of aromatic nitrogens is 2. The van der Waals surface area contributed by atoms with Crippen LogP contribution < -0.4 is 5.73 Å². The molecule has 2 rings (SSSR count). The van der Waals surface area contributed by atoms with E-state index in [2.05, 4.69) is 16.9 Å². The van der Waals surface area contributed by atoms with Crippen molar-refractivity contribution in [2.45, 2.75) is 13.0 Å². The van der Waals surface area contributed by atoms with Crippen LogP contribution >= 0.6 is 0 Å². The lowest BCUT2D eigenvalue weighted by Gasteiger charge is -2.14. The van der Waals surface area contributed by atoms with Crippen LogP contribution in [0.25, 0.3) is 0 Å². The van der Waals surface area contributed by atoms with Crippen molar-refractivity contribution < 1.29 is 4.79 Å². The molecule has 0 radical (unpaired) electrons. The van der Waals surface area contributed by atoms with Gasteiger partial charge in [0.2, 0.25) is 0 Å². The molecule has 1 aromatic heterocycles. The highest BCUT2D eigenvalue weighted by Gasteiger charge is 2.30. The van der Waals surface area contributed by atoms with Crippen molar-refractivity contribution in [3.63, 3.8) is 0 Å². The summed E-state index contributed by atoms with van der Waals surface area (Å²) in [5.41, 5.74) is 6.39. The van der Waals surface area contributed by atoms with E-state index in [1.165, 1.54) is 18.7 Å². The van der Waals surface area contributed by atoms with E-state index in [1.54, 1.807) is 4.90 Å². The molecule has 1 aromatic rings. The van der Waals surface area contributed by atoms with Crippen molar-refractivity contribution in [3.05, 3.63) is 24.3 Å². The van der Waals surface area contributed by atoms with E-state index in [9.17, 15) is 4.79 Å². The van der Waals surface area contributed by atoms with Crippen LogP contribution in [0.15, 0.2) is 18.7 Å². The van der Waals surface area contributed by atoms with Crippen molar-refractivity contribution in [3.8, 4) is 0 Å². The molecule has 1 amide bonds. The quantitative estimate of drug-likeness (QED) is 0.696. The zero-order chi connectivity index (χ0) is 10.8. The van der Waals surface area contributed by atoms with Gasteiger partial charge in [-0.1, -0.05) is 6.92 Å². The molecule has 2 unspecified atom stereocenters. The third-order valence-corrected chi connectivity index (χ3v) is 2.77. The maximum Gasteiger partial charge on any atom is 0.257 e. The van der Waals surface area contributed by atoms with E-state index in [4.69, 9.17) is 5.73 Å². The predicted octanol–water partition coefficient (Wildman–Crippen LogP) is -0.104. The zero-order valence-corrected chi connectivity index (χ0v) is 8.63. The van der Waals surface area contributed by atoms with Gasteiger partial charge >= 0.3 is 0 Å². The van der Waals surface area contributed by atoms with Crippen LogP contribution in [-0.2, 0) is 0 Å². The number of amides is 1. The smallest absolute Gasteiger partial charge is 0.257 e. The largest absolute Gasteiger partial charge is 0.337 e. The standard InChI is InChI=1S/C10H14N4O/c1-7-4-14(5-9(7)11)10(15)8-2-12-6-13-3-8/h2-3,6-7,9H,4-5,11H2,1H3. The van der Waals surface area contributed by atoms with Crippen molar-refractivity contribution in [1.29, 1.82) is 0 Å². The summed E-state index contributed by atoms with van der Waals surface area (Å²) in [4.78, 5) is 21.3. The summed E-state index contributed by atoms with van der Waals surface area (Å²) in [6, 6.07) is 0.0820. The Hall–Kier alpha value is -1.49. The number of carbonyl (C=O) groups excluding carboxylic acids is 1. The highest BCUT2D eigenvalue weighted by atomic mass is 16.2. The third-order valence-electron chi connectivity index (χ3n) is 2.77. The van der Waals surface area contributed by atoms with Crippen LogP contribution in [0.1, 0.15) is 17.3 Å². The molecule has 80 valence electrons. The summed E-state index contributed by atoms with van der Waals surface area (Å²) in [6.07, 6.45) is 4.48. The lowest BCUT2D eigenvalue weighted by Crippen LogP contribution is -2.32. The summed E-state index contributed by atoms with van der Waals surface area (Å²) in [7, 11) is 0. The average Bonchev–Trinajstić information content (AvgIpc) is 2.59. The van der Waals surface area contributed by atoms with Crippen molar-refractivity contribution >= 4 is 5.91 Å². The number of carbonyl (C=O) groups is 1. The van der Waals surface area contributed by atoms with Gasteiger partial charge in [0, 0.05) is 31.5 Å². The molecule has 2 N–H and O–H groups in total.